The van der Waals surface area contributed by atoms with Crippen molar-refractivity contribution in [3.63, 3.8) is 0 Å². The van der Waals surface area contributed by atoms with E-state index in [0.29, 0.717) is 12.1 Å². The zero-order chi connectivity index (χ0) is 23.6. The Morgan fingerprint density at radius 2 is 1.69 bits per heavy atom. The van der Waals surface area contributed by atoms with Gasteiger partial charge in [-0.15, -0.1) is 0 Å². The molecular formula is C28H35N7. The molecule has 4 heterocycles. The Morgan fingerprint density at radius 3 is 2.54 bits per heavy atom. The summed E-state index contributed by atoms with van der Waals surface area (Å²) in [6.07, 6.45) is 10.3. The van der Waals surface area contributed by atoms with Crippen LogP contribution in [0.25, 0.3) is 0 Å². The molecule has 3 aliphatic rings. The summed E-state index contributed by atoms with van der Waals surface area (Å²) in [6, 6.07) is 13.9. The first kappa shape index (κ1) is 22.4. The minimum Gasteiger partial charge on any atom is -0.368 e. The SMILES string of the molecule is CN(C[C@H]1Cc2c(cccc2N2CCN(c3ncccn3)CC2)CN1)[C@H]1CCCc2cccnc21. The van der Waals surface area contributed by atoms with Crippen molar-refractivity contribution in [3.8, 4) is 0 Å². The van der Waals surface area contributed by atoms with Gasteiger partial charge in [0.2, 0.25) is 5.95 Å². The minimum atomic E-state index is 0.423. The number of aromatic nitrogens is 3. The van der Waals surface area contributed by atoms with Crippen LogP contribution in [-0.2, 0) is 19.4 Å². The summed E-state index contributed by atoms with van der Waals surface area (Å²) in [5, 5.41) is 3.82. The number of nitrogens with one attached hydrogen (secondary N) is 1. The van der Waals surface area contributed by atoms with Crippen LogP contribution in [0.2, 0.25) is 0 Å². The van der Waals surface area contributed by atoms with Crippen LogP contribution in [0.5, 0.6) is 0 Å². The van der Waals surface area contributed by atoms with Gasteiger partial charge in [-0.3, -0.25) is 9.88 Å². The molecule has 2 atom stereocenters. The second-order valence-electron chi connectivity index (χ2n) is 10.1. The van der Waals surface area contributed by atoms with Gasteiger partial charge < -0.3 is 15.1 Å². The number of fused-ring (bicyclic) bond motifs is 2. The van der Waals surface area contributed by atoms with Crippen molar-refractivity contribution in [2.24, 2.45) is 0 Å². The van der Waals surface area contributed by atoms with Crippen molar-refractivity contribution < 1.29 is 0 Å². The average Bonchev–Trinajstić information content (AvgIpc) is 2.93. The lowest BCUT2D eigenvalue weighted by Crippen LogP contribution is -2.48. The van der Waals surface area contributed by atoms with Crippen LogP contribution in [0, 0.1) is 0 Å². The summed E-state index contributed by atoms with van der Waals surface area (Å²) in [7, 11) is 2.28. The van der Waals surface area contributed by atoms with Crippen LogP contribution in [0.1, 0.15) is 41.3 Å². The number of piperazine rings is 1. The monoisotopic (exact) mass is 469 g/mol. The van der Waals surface area contributed by atoms with Crippen LogP contribution >= 0.6 is 0 Å². The highest BCUT2D eigenvalue weighted by molar-refractivity contribution is 5.59. The van der Waals surface area contributed by atoms with E-state index < -0.39 is 0 Å². The number of likely N-dealkylation sites (N-methyl/N-ethyl adjacent to an activating group) is 1. The van der Waals surface area contributed by atoms with E-state index in [1.54, 1.807) is 0 Å². The highest BCUT2D eigenvalue weighted by Crippen LogP contribution is 2.33. The molecule has 7 heteroatoms. The predicted molar refractivity (Wildman–Crippen MR) is 140 cm³/mol. The van der Waals surface area contributed by atoms with Gasteiger partial charge >= 0.3 is 0 Å². The van der Waals surface area contributed by atoms with E-state index in [1.165, 1.54) is 40.9 Å². The number of nitrogens with zero attached hydrogens (tertiary/aromatic N) is 6. The van der Waals surface area contributed by atoms with Gasteiger partial charge in [0.25, 0.3) is 0 Å². The number of benzene rings is 1. The molecule has 0 unspecified atom stereocenters. The quantitative estimate of drug-likeness (QED) is 0.616. The molecule has 1 aromatic carbocycles. The maximum absolute atomic E-state index is 4.77. The molecule has 2 aliphatic heterocycles. The number of anilines is 2. The van der Waals surface area contributed by atoms with E-state index in [1.807, 2.05) is 24.7 Å². The van der Waals surface area contributed by atoms with Gasteiger partial charge in [-0.25, -0.2) is 9.97 Å². The number of aryl methyl sites for hydroxylation is 1. The standard InChI is InChI=1S/C28H35N7/c1-33(26-10-2-6-21-8-4-11-29-27(21)26)20-23-18-24-22(19-32-23)7-3-9-25(24)34-14-16-35(17-15-34)28-30-12-5-13-31-28/h3-5,7-9,11-13,23,26,32H,2,6,10,14-20H2,1H3/t23-,26+/m1/s1. The number of pyridine rings is 1. The van der Waals surface area contributed by atoms with Crippen LogP contribution in [0.3, 0.4) is 0 Å². The third kappa shape index (κ3) is 4.62. The lowest BCUT2D eigenvalue weighted by Gasteiger charge is -2.39. The summed E-state index contributed by atoms with van der Waals surface area (Å²) >= 11 is 0. The Morgan fingerprint density at radius 1 is 0.914 bits per heavy atom. The van der Waals surface area contributed by atoms with E-state index in [2.05, 4.69) is 67.4 Å². The number of hydrogen-bond donors (Lipinski definition) is 1. The van der Waals surface area contributed by atoms with Gasteiger partial charge in [0.15, 0.2) is 0 Å². The Labute approximate surface area is 208 Å². The molecule has 1 N–H and O–H groups in total. The third-order valence-electron chi connectivity index (χ3n) is 7.94. The molecular weight excluding hydrogens is 434 g/mol. The lowest BCUT2D eigenvalue weighted by molar-refractivity contribution is 0.191. The molecule has 0 amide bonds. The number of rotatable bonds is 5. The molecule has 1 fully saturated rings. The highest BCUT2D eigenvalue weighted by Gasteiger charge is 2.29. The molecule has 0 saturated carbocycles. The van der Waals surface area contributed by atoms with Gasteiger partial charge in [0, 0.05) is 69.6 Å². The molecule has 6 rings (SSSR count). The summed E-state index contributed by atoms with van der Waals surface area (Å²) < 4.78 is 0. The van der Waals surface area contributed by atoms with E-state index in [0.717, 1.165) is 58.1 Å². The smallest absolute Gasteiger partial charge is 0.225 e. The van der Waals surface area contributed by atoms with Crippen molar-refractivity contribution in [2.45, 2.75) is 44.3 Å². The van der Waals surface area contributed by atoms with Crippen molar-refractivity contribution in [1.29, 1.82) is 0 Å². The first-order valence-electron chi connectivity index (χ1n) is 13.0. The fourth-order valence-corrected chi connectivity index (χ4v) is 6.11. The molecule has 0 spiro atoms. The zero-order valence-electron chi connectivity index (χ0n) is 20.6. The Balaban J connectivity index is 1.14. The molecule has 3 aromatic rings. The normalized spacial score (nSPS) is 22.1. The maximum Gasteiger partial charge on any atom is 0.225 e. The fourth-order valence-electron chi connectivity index (χ4n) is 6.11. The molecule has 1 saturated heterocycles. The highest BCUT2D eigenvalue weighted by atomic mass is 15.3. The second kappa shape index (κ2) is 9.91. The van der Waals surface area contributed by atoms with Gasteiger partial charge in [0.05, 0.1) is 11.7 Å². The van der Waals surface area contributed by atoms with E-state index in [4.69, 9.17) is 4.98 Å². The topological polar surface area (TPSA) is 60.4 Å². The summed E-state index contributed by atoms with van der Waals surface area (Å²) in [5.74, 6) is 0.841. The third-order valence-corrected chi connectivity index (χ3v) is 7.94. The fraction of sp³-hybridized carbons (Fsp3) is 0.464. The van der Waals surface area contributed by atoms with Crippen LogP contribution in [0.15, 0.2) is 55.0 Å². The number of hydrogen-bond acceptors (Lipinski definition) is 7. The summed E-state index contributed by atoms with van der Waals surface area (Å²) in [4.78, 5) is 21.0. The van der Waals surface area contributed by atoms with Gasteiger partial charge in [0.1, 0.15) is 0 Å². The lowest BCUT2D eigenvalue weighted by atomic mass is 9.89. The van der Waals surface area contributed by atoms with Crippen molar-refractivity contribution in [3.05, 3.63) is 77.4 Å². The van der Waals surface area contributed by atoms with Gasteiger partial charge in [-0.2, -0.15) is 0 Å². The molecule has 0 radical (unpaired) electrons. The first-order valence-corrected chi connectivity index (χ1v) is 13.0. The van der Waals surface area contributed by atoms with E-state index in [9.17, 15) is 0 Å². The predicted octanol–water partition coefficient (Wildman–Crippen LogP) is 3.22. The largest absolute Gasteiger partial charge is 0.368 e. The second-order valence-corrected chi connectivity index (χ2v) is 10.1. The Bertz CT molecular complexity index is 1140. The van der Waals surface area contributed by atoms with Crippen LogP contribution in [0.4, 0.5) is 11.6 Å². The maximum atomic E-state index is 4.77. The van der Waals surface area contributed by atoms with E-state index in [-0.39, 0.29) is 0 Å². The van der Waals surface area contributed by atoms with Gasteiger partial charge in [-0.05, 0) is 67.6 Å². The Kier molecular flexibility index (Phi) is 6.35. The molecule has 1 aliphatic carbocycles. The summed E-state index contributed by atoms with van der Waals surface area (Å²) in [6.45, 7) is 5.87. The van der Waals surface area contributed by atoms with Crippen LogP contribution in [-0.4, -0.2) is 65.7 Å². The van der Waals surface area contributed by atoms with Crippen LogP contribution < -0.4 is 15.1 Å². The summed E-state index contributed by atoms with van der Waals surface area (Å²) in [5.41, 5.74) is 7.10. The molecule has 2 aromatic heterocycles. The zero-order valence-corrected chi connectivity index (χ0v) is 20.6. The minimum absolute atomic E-state index is 0.423. The average molecular weight is 470 g/mol. The van der Waals surface area contributed by atoms with Crippen molar-refractivity contribution >= 4 is 11.6 Å². The first-order chi connectivity index (χ1) is 17.3. The van der Waals surface area contributed by atoms with Crippen molar-refractivity contribution in [1.82, 2.24) is 25.2 Å². The molecule has 35 heavy (non-hydrogen) atoms. The molecule has 182 valence electrons. The Hall–Kier alpha value is -3.03. The van der Waals surface area contributed by atoms with Crippen molar-refractivity contribution in [2.75, 3.05) is 49.6 Å². The molecule has 0 bridgehead atoms. The van der Waals surface area contributed by atoms with Gasteiger partial charge in [-0.1, -0.05) is 18.2 Å². The molecule has 7 nitrogen and oxygen atoms in total. The van der Waals surface area contributed by atoms with E-state index >= 15 is 0 Å².